The van der Waals surface area contributed by atoms with E-state index in [-0.39, 0.29) is 11.8 Å². The van der Waals surface area contributed by atoms with Crippen molar-refractivity contribution in [2.45, 2.75) is 44.6 Å². The monoisotopic (exact) mass is 356 g/mol. The van der Waals surface area contributed by atoms with Crippen molar-refractivity contribution in [2.75, 3.05) is 32.8 Å². The quantitative estimate of drug-likeness (QED) is 0.819. The third kappa shape index (κ3) is 3.50. The highest BCUT2D eigenvalue weighted by atomic mass is 16.5. The van der Waals surface area contributed by atoms with Gasteiger partial charge < -0.3 is 14.5 Å². The van der Waals surface area contributed by atoms with Crippen molar-refractivity contribution in [3.05, 3.63) is 35.4 Å². The van der Waals surface area contributed by atoms with E-state index in [0.29, 0.717) is 49.4 Å². The molecule has 1 aromatic rings. The molecule has 2 saturated heterocycles. The first-order chi connectivity index (χ1) is 12.7. The average Bonchev–Trinajstić information content (AvgIpc) is 2.73. The van der Waals surface area contributed by atoms with Crippen LogP contribution in [0.5, 0.6) is 0 Å². The second-order valence-corrected chi connectivity index (χ2v) is 7.73. The van der Waals surface area contributed by atoms with Crippen molar-refractivity contribution in [2.24, 2.45) is 5.92 Å². The fourth-order valence-electron chi connectivity index (χ4n) is 4.75. The van der Waals surface area contributed by atoms with Gasteiger partial charge in [0.15, 0.2) is 0 Å². The van der Waals surface area contributed by atoms with Crippen LogP contribution < -0.4 is 0 Å². The zero-order valence-electron chi connectivity index (χ0n) is 15.4. The van der Waals surface area contributed by atoms with Crippen LogP contribution in [0.15, 0.2) is 24.3 Å². The number of fused-ring (bicyclic) bond motifs is 1. The van der Waals surface area contributed by atoms with Crippen LogP contribution in [-0.4, -0.2) is 60.5 Å². The van der Waals surface area contributed by atoms with E-state index in [1.54, 1.807) is 12.1 Å². The molecule has 0 aromatic heterocycles. The maximum atomic E-state index is 13.1. The fourth-order valence-corrected chi connectivity index (χ4v) is 4.75. The molecule has 5 nitrogen and oxygen atoms in total. The zero-order valence-corrected chi connectivity index (χ0v) is 15.4. The lowest BCUT2D eigenvalue weighted by Gasteiger charge is -2.44. The van der Waals surface area contributed by atoms with Gasteiger partial charge in [0.05, 0.1) is 13.2 Å². The molecule has 2 amide bonds. The number of carbonyl (C=O) groups is 2. The molecule has 2 atom stereocenters. The predicted molar refractivity (Wildman–Crippen MR) is 99.2 cm³/mol. The molecule has 4 rings (SSSR count). The molecule has 1 saturated carbocycles. The lowest BCUT2D eigenvalue weighted by atomic mass is 9.78. The molecule has 140 valence electrons. The Labute approximate surface area is 155 Å². The summed E-state index contributed by atoms with van der Waals surface area (Å²) in [4.78, 5) is 29.5. The highest BCUT2D eigenvalue weighted by Gasteiger charge is 2.36. The third-order valence-electron chi connectivity index (χ3n) is 6.18. The third-order valence-corrected chi connectivity index (χ3v) is 6.18. The summed E-state index contributed by atoms with van der Waals surface area (Å²) in [7, 11) is 0. The Morgan fingerprint density at radius 2 is 1.42 bits per heavy atom. The highest BCUT2D eigenvalue weighted by Crippen LogP contribution is 2.35. The van der Waals surface area contributed by atoms with E-state index in [2.05, 4.69) is 4.90 Å². The van der Waals surface area contributed by atoms with Crippen LogP contribution >= 0.6 is 0 Å². The zero-order chi connectivity index (χ0) is 17.9. The molecule has 0 unspecified atom stereocenters. The lowest BCUT2D eigenvalue weighted by molar-refractivity contribution is 0.0302. The summed E-state index contributed by atoms with van der Waals surface area (Å²) >= 11 is 0. The topological polar surface area (TPSA) is 49.9 Å². The number of ether oxygens (including phenoxy) is 1. The molecule has 0 radical (unpaired) electrons. The van der Waals surface area contributed by atoms with Crippen molar-refractivity contribution in [3.8, 4) is 0 Å². The highest BCUT2D eigenvalue weighted by molar-refractivity contribution is 5.98. The van der Waals surface area contributed by atoms with E-state index in [9.17, 15) is 9.59 Å². The number of hydrogen-bond donors (Lipinski definition) is 0. The van der Waals surface area contributed by atoms with Crippen molar-refractivity contribution < 1.29 is 14.3 Å². The Hall–Kier alpha value is -1.88. The standard InChI is InChI=1S/C21H28N2O3/c24-20(22-12-14-26-15-13-22)17-7-9-18(10-8-17)21(25)23-11-3-5-16-4-1-2-6-19(16)23/h7-10,16,19H,1-6,11-15H2/t16-,19-/m0/s1. The minimum absolute atomic E-state index is 0.0256. The number of rotatable bonds is 2. The van der Waals surface area contributed by atoms with Gasteiger partial charge in [-0.15, -0.1) is 0 Å². The fraction of sp³-hybridized carbons (Fsp3) is 0.619. The molecule has 3 fully saturated rings. The van der Waals surface area contributed by atoms with Gasteiger partial charge in [-0.3, -0.25) is 9.59 Å². The number of nitrogens with zero attached hydrogens (tertiary/aromatic N) is 2. The molecule has 0 spiro atoms. The van der Waals surface area contributed by atoms with E-state index < -0.39 is 0 Å². The molecule has 3 aliphatic rings. The number of likely N-dealkylation sites (tertiary alicyclic amines) is 1. The summed E-state index contributed by atoms with van der Waals surface area (Å²) < 4.78 is 5.30. The lowest BCUT2D eigenvalue weighted by Crippen LogP contribution is -2.49. The SMILES string of the molecule is O=C(c1ccc(C(=O)N2CCC[C@@H]3CCCC[C@@H]32)cc1)N1CCOCC1. The van der Waals surface area contributed by atoms with Crippen molar-refractivity contribution >= 4 is 11.8 Å². The van der Waals surface area contributed by atoms with Crippen molar-refractivity contribution in [3.63, 3.8) is 0 Å². The molecule has 0 N–H and O–H groups in total. The van der Waals surface area contributed by atoms with Crippen molar-refractivity contribution in [1.82, 2.24) is 9.80 Å². The summed E-state index contributed by atoms with van der Waals surface area (Å²) in [6.45, 7) is 3.33. The van der Waals surface area contributed by atoms with Gasteiger partial charge in [-0.2, -0.15) is 0 Å². The first-order valence-corrected chi connectivity index (χ1v) is 10.0. The Balaban J connectivity index is 1.45. The van der Waals surface area contributed by atoms with Gasteiger partial charge >= 0.3 is 0 Å². The second-order valence-electron chi connectivity index (χ2n) is 7.73. The molecule has 2 aliphatic heterocycles. The molecule has 1 aliphatic carbocycles. The Kier molecular flexibility index (Phi) is 5.25. The van der Waals surface area contributed by atoms with Gasteiger partial charge in [0.25, 0.3) is 11.8 Å². The molecule has 1 aromatic carbocycles. The van der Waals surface area contributed by atoms with Crippen LogP contribution in [0.4, 0.5) is 0 Å². The van der Waals surface area contributed by atoms with E-state index in [1.165, 1.54) is 25.7 Å². The van der Waals surface area contributed by atoms with Gasteiger partial charge in [-0.1, -0.05) is 12.8 Å². The first kappa shape index (κ1) is 17.5. The summed E-state index contributed by atoms with van der Waals surface area (Å²) in [5.41, 5.74) is 1.35. The Morgan fingerprint density at radius 1 is 0.808 bits per heavy atom. The minimum Gasteiger partial charge on any atom is -0.378 e. The Bertz CT molecular complexity index is 650. The molecule has 2 heterocycles. The van der Waals surface area contributed by atoms with Crippen LogP contribution in [0.2, 0.25) is 0 Å². The number of hydrogen-bond acceptors (Lipinski definition) is 3. The summed E-state index contributed by atoms with van der Waals surface area (Å²) in [5.74, 6) is 0.841. The minimum atomic E-state index is 0.0256. The molecule has 5 heteroatoms. The van der Waals surface area contributed by atoms with E-state index in [4.69, 9.17) is 4.74 Å². The van der Waals surface area contributed by atoms with Gasteiger partial charge in [0.2, 0.25) is 0 Å². The van der Waals surface area contributed by atoms with Crippen LogP contribution in [0.1, 0.15) is 59.2 Å². The summed E-state index contributed by atoms with van der Waals surface area (Å²) in [6, 6.07) is 7.66. The summed E-state index contributed by atoms with van der Waals surface area (Å²) in [5, 5.41) is 0. The number of morpholine rings is 1. The maximum absolute atomic E-state index is 13.1. The van der Waals surface area contributed by atoms with Gasteiger partial charge in [0, 0.05) is 36.8 Å². The number of piperidine rings is 1. The predicted octanol–water partition coefficient (Wildman–Crippen LogP) is 2.95. The second kappa shape index (κ2) is 7.78. The molecular weight excluding hydrogens is 328 g/mol. The van der Waals surface area contributed by atoms with E-state index in [0.717, 1.165) is 19.4 Å². The number of carbonyl (C=O) groups excluding carboxylic acids is 2. The van der Waals surface area contributed by atoms with Crippen LogP contribution in [0.25, 0.3) is 0 Å². The molecule has 0 bridgehead atoms. The van der Waals surface area contributed by atoms with Gasteiger partial charge in [0.1, 0.15) is 0 Å². The number of amides is 2. The Morgan fingerprint density at radius 3 is 2.15 bits per heavy atom. The largest absolute Gasteiger partial charge is 0.378 e. The van der Waals surface area contributed by atoms with Crippen LogP contribution in [0.3, 0.4) is 0 Å². The van der Waals surface area contributed by atoms with Crippen LogP contribution in [0, 0.1) is 5.92 Å². The van der Waals surface area contributed by atoms with E-state index >= 15 is 0 Å². The maximum Gasteiger partial charge on any atom is 0.254 e. The smallest absolute Gasteiger partial charge is 0.254 e. The van der Waals surface area contributed by atoms with Crippen molar-refractivity contribution in [1.29, 1.82) is 0 Å². The summed E-state index contributed by atoms with van der Waals surface area (Å²) in [6.07, 6.45) is 7.33. The normalized spacial score (nSPS) is 26.3. The van der Waals surface area contributed by atoms with Crippen LogP contribution in [-0.2, 0) is 4.74 Å². The van der Waals surface area contributed by atoms with Gasteiger partial charge in [-0.05, 0) is 55.9 Å². The first-order valence-electron chi connectivity index (χ1n) is 10.0. The molecule has 26 heavy (non-hydrogen) atoms. The average molecular weight is 356 g/mol. The molecular formula is C21H28N2O3. The number of benzene rings is 1. The van der Waals surface area contributed by atoms with Gasteiger partial charge in [-0.25, -0.2) is 0 Å². The van der Waals surface area contributed by atoms with E-state index in [1.807, 2.05) is 17.0 Å².